The summed E-state index contributed by atoms with van der Waals surface area (Å²) in [5.74, 6) is -0.882. The van der Waals surface area contributed by atoms with E-state index in [4.69, 9.17) is 5.11 Å². The zero-order valence-corrected chi connectivity index (χ0v) is 8.92. The van der Waals surface area contributed by atoms with Crippen molar-refractivity contribution in [3.63, 3.8) is 0 Å². The van der Waals surface area contributed by atoms with E-state index in [2.05, 4.69) is 13.5 Å². The van der Waals surface area contributed by atoms with Gasteiger partial charge in [0.15, 0.2) is 0 Å². The zero-order chi connectivity index (χ0) is 11.0. The van der Waals surface area contributed by atoms with E-state index in [1.807, 2.05) is 6.92 Å². The molecule has 0 bridgehead atoms. The van der Waals surface area contributed by atoms with E-state index in [1.54, 1.807) is 18.2 Å². The molecule has 0 heterocycles. The molecule has 78 valence electrons. The molecule has 0 aromatic rings. The summed E-state index contributed by atoms with van der Waals surface area (Å²) in [5.41, 5.74) is 1.31. The minimum absolute atomic E-state index is 0.338. The maximum Gasteiger partial charge on any atom is 0.335 e. The number of hydrogen-bond acceptors (Lipinski definition) is 1. The Hall–Kier alpha value is -1.31. The van der Waals surface area contributed by atoms with Gasteiger partial charge in [-0.2, -0.15) is 0 Å². The van der Waals surface area contributed by atoms with Gasteiger partial charge in [-0.15, -0.1) is 0 Å². The minimum atomic E-state index is -0.882. The third-order valence-corrected chi connectivity index (χ3v) is 1.74. The van der Waals surface area contributed by atoms with Crippen LogP contribution in [0.2, 0.25) is 0 Å². The molecule has 0 radical (unpaired) electrons. The van der Waals surface area contributed by atoms with Crippen molar-refractivity contribution in [3.8, 4) is 0 Å². The van der Waals surface area contributed by atoms with Crippen LogP contribution in [0.4, 0.5) is 0 Å². The quantitative estimate of drug-likeness (QED) is 0.520. The first-order chi connectivity index (χ1) is 6.61. The van der Waals surface area contributed by atoms with Gasteiger partial charge in [0.25, 0.3) is 0 Å². The number of carbonyl (C=O) groups is 1. The van der Waals surface area contributed by atoms with Crippen molar-refractivity contribution in [2.75, 3.05) is 0 Å². The Bertz CT molecular complexity index is 259. The van der Waals surface area contributed by atoms with Crippen molar-refractivity contribution >= 4 is 5.97 Å². The summed E-state index contributed by atoms with van der Waals surface area (Å²) in [7, 11) is 0. The van der Waals surface area contributed by atoms with Gasteiger partial charge >= 0.3 is 5.97 Å². The van der Waals surface area contributed by atoms with E-state index in [0.717, 1.165) is 24.8 Å². The monoisotopic (exact) mass is 194 g/mol. The number of carboxylic acid groups (broad SMARTS) is 1. The van der Waals surface area contributed by atoms with Crippen molar-refractivity contribution < 1.29 is 9.90 Å². The molecular weight excluding hydrogens is 176 g/mol. The Labute approximate surface area is 85.6 Å². The highest BCUT2D eigenvalue weighted by Gasteiger charge is 2.00. The smallest absolute Gasteiger partial charge is 0.335 e. The van der Waals surface area contributed by atoms with Crippen molar-refractivity contribution in [1.29, 1.82) is 0 Å². The van der Waals surface area contributed by atoms with Crippen LogP contribution in [0.25, 0.3) is 0 Å². The van der Waals surface area contributed by atoms with E-state index in [0.29, 0.717) is 5.57 Å². The number of rotatable bonds is 6. The van der Waals surface area contributed by atoms with E-state index >= 15 is 0 Å². The lowest BCUT2D eigenvalue weighted by Gasteiger charge is -1.96. The molecule has 0 fully saturated rings. The van der Waals surface area contributed by atoms with Crippen LogP contribution in [-0.4, -0.2) is 11.1 Å². The zero-order valence-electron chi connectivity index (χ0n) is 8.92. The third-order valence-electron chi connectivity index (χ3n) is 1.74. The Morgan fingerprint density at radius 3 is 2.43 bits per heavy atom. The Morgan fingerprint density at radius 2 is 2.00 bits per heavy atom. The lowest BCUT2D eigenvalue weighted by Crippen LogP contribution is -1.97. The molecule has 0 atom stereocenters. The van der Waals surface area contributed by atoms with Gasteiger partial charge in [0.05, 0.1) is 5.57 Å². The summed E-state index contributed by atoms with van der Waals surface area (Å²) in [6, 6.07) is 0. The molecule has 0 aromatic carbocycles. The highest BCUT2D eigenvalue weighted by Crippen LogP contribution is 2.06. The third kappa shape index (κ3) is 5.36. The van der Waals surface area contributed by atoms with Gasteiger partial charge in [0.2, 0.25) is 0 Å². The molecule has 0 unspecified atom stereocenters. The summed E-state index contributed by atoms with van der Waals surface area (Å²) >= 11 is 0. The van der Waals surface area contributed by atoms with Crippen LogP contribution in [-0.2, 0) is 4.79 Å². The molecule has 0 aliphatic rings. The van der Waals surface area contributed by atoms with Gasteiger partial charge in [-0.05, 0) is 18.9 Å². The molecule has 0 amide bonds. The predicted molar refractivity (Wildman–Crippen MR) is 59.2 cm³/mol. The molecule has 1 N–H and O–H groups in total. The first-order valence-electron chi connectivity index (χ1n) is 4.91. The molecular formula is C12H18O2. The maximum absolute atomic E-state index is 10.7. The fourth-order valence-corrected chi connectivity index (χ4v) is 1.06. The fraction of sp³-hybridized carbons (Fsp3) is 0.417. The lowest BCUT2D eigenvalue weighted by atomic mass is 10.1. The summed E-state index contributed by atoms with van der Waals surface area (Å²) < 4.78 is 0. The van der Waals surface area contributed by atoms with E-state index < -0.39 is 5.97 Å². The maximum atomic E-state index is 10.7. The SMILES string of the molecule is C=C(/C=C\C(=C/CC)C(=O)O)CCC. The Balaban J connectivity index is 4.37. The molecule has 0 rings (SSSR count). The fourth-order valence-electron chi connectivity index (χ4n) is 1.06. The van der Waals surface area contributed by atoms with Crippen LogP contribution in [0, 0.1) is 0 Å². The van der Waals surface area contributed by atoms with Crippen LogP contribution in [0.1, 0.15) is 33.1 Å². The summed E-state index contributed by atoms with van der Waals surface area (Å²) in [6.45, 7) is 7.81. The topological polar surface area (TPSA) is 37.3 Å². The van der Waals surface area contributed by atoms with Crippen molar-refractivity contribution in [2.45, 2.75) is 33.1 Å². The van der Waals surface area contributed by atoms with Crippen molar-refractivity contribution in [3.05, 3.63) is 36.0 Å². The summed E-state index contributed by atoms with van der Waals surface area (Å²) in [5, 5.41) is 8.80. The van der Waals surface area contributed by atoms with E-state index in [-0.39, 0.29) is 0 Å². The number of allylic oxidation sites excluding steroid dienone is 3. The van der Waals surface area contributed by atoms with Crippen LogP contribution in [0.3, 0.4) is 0 Å². The lowest BCUT2D eigenvalue weighted by molar-refractivity contribution is -0.132. The highest BCUT2D eigenvalue weighted by molar-refractivity contribution is 5.89. The Morgan fingerprint density at radius 1 is 1.36 bits per heavy atom. The van der Waals surface area contributed by atoms with Crippen LogP contribution in [0.5, 0.6) is 0 Å². The molecule has 0 aliphatic heterocycles. The predicted octanol–water partition coefficient (Wildman–Crippen LogP) is 3.32. The minimum Gasteiger partial charge on any atom is -0.478 e. The molecule has 0 spiro atoms. The molecule has 0 saturated carbocycles. The summed E-state index contributed by atoms with van der Waals surface area (Å²) in [4.78, 5) is 10.7. The van der Waals surface area contributed by atoms with Gasteiger partial charge < -0.3 is 5.11 Å². The second-order valence-corrected chi connectivity index (χ2v) is 3.11. The molecule has 2 heteroatoms. The first-order valence-corrected chi connectivity index (χ1v) is 4.91. The first kappa shape index (κ1) is 12.7. The molecule has 0 aromatic heterocycles. The molecule has 0 aliphatic carbocycles. The Kier molecular flexibility index (Phi) is 6.46. The van der Waals surface area contributed by atoms with Crippen LogP contribution >= 0.6 is 0 Å². The second kappa shape index (κ2) is 7.13. The molecule has 0 saturated heterocycles. The number of aliphatic carboxylic acids is 1. The van der Waals surface area contributed by atoms with E-state index in [9.17, 15) is 4.79 Å². The van der Waals surface area contributed by atoms with Gasteiger partial charge in [0.1, 0.15) is 0 Å². The van der Waals surface area contributed by atoms with Gasteiger partial charge in [-0.1, -0.05) is 44.6 Å². The average Bonchev–Trinajstić information content (AvgIpc) is 2.12. The largest absolute Gasteiger partial charge is 0.478 e. The second-order valence-electron chi connectivity index (χ2n) is 3.11. The normalized spacial score (nSPS) is 12.0. The average molecular weight is 194 g/mol. The standard InChI is InChI=1S/C12H18O2/c1-4-6-10(3)8-9-11(7-5-2)12(13)14/h7-9H,3-6H2,1-2H3,(H,13,14)/b9-8-,11-7+. The van der Waals surface area contributed by atoms with Gasteiger partial charge in [-0.25, -0.2) is 4.79 Å². The number of carboxylic acids is 1. The molecule has 14 heavy (non-hydrogen) atoms. The highest BCUT2D eigenvalue weighted by atomic mass is 16.4. The van der Waals surface area contributed by atoms with Crippen molar-refractivity contribution in [2.24, 2.45) is 0 Å². The number of hydrogen-bond donors (Lipinski definition) is 1. The van der Waals surface area contributed by atoms with Crippen LogP contribution in [0.15, 0.2) is 36.0 Å². The summed E-state index contributed by atoms with van der Waals surface area (Å²) in [6.07, 6.45) is 7.76. The van der Waals surface area contributed by atoms with Crippen molar-refractivity contribution in [1.82, 2.24) is 0 Å². The van der Waals surface area contributed by atoms with Gasteiger partial charge in [-0.3, -0.25) is 0 Å². The van der Waals surface area contributed by atoms with Gasteiger partial charge in [0, 0.05) is 0 Å². The van der Waals surface area contributed by atoms with Crippen LogP contribution < -0.4 is 0 Å². The van der Waals surface area contributed by atoms with E-state index in [1.165, 1.54) is 0 Å². The molecule has 2 nitrogen and oxygen atoms in total.